The van der Waals surface area contributed by atoms with Crippen molar-refractivity contribution in [3.63, 3.8) is 0 Å². The summed E-state index contributed by atoms with van der Waals surface area (Å²) in [6.45, 7) is 0.0701. The maximum atomic E-state index is 13.4. The van der Waals surface area contributed by atoms with E-state index in [1.165, 1.54) is 27.4 Å². The number of hydrogen-bond donors (Lipinski definition) is 0. The number of carbonyl (C=O) groups excluding carboxylic acids is 3. The Morgan fingerprint density at radius 2 is 1.60 bits per heavy atom. The van der Waals surface area contributed by atoms with E-state index in [0.717, 1.165) is 11.0 Å². The molecule has 0 radical (unpaired) electrons. The SMILES string of the molecule is O=C(CN1C(=O)C2CC=CCC2C1=O)N1CCN(S(=O)(=O)c2cccc(F)c2)CC1. The molecular weight excluding hydrogens is 413 g/mol. The van der Waals surface area contributed by atoms with E-state index in [0.29, 0.717) is 12.8 Å². The molecular formula is C20H22FN3O5S. The number of amides is 3. The number of rotatable bonds is 4. The number of sulfonamides is 1. The second-order valence-corrected chi connectivity index (χ2v) is 9.60. The molecule has 2 saturated heterocycles. The van der Waals surface area contributed by atoms with E-state index in [2.05, 4.69) is 0 Å². The quantitative estimate of drug-likeness (QED) is 0.510. The third kappa shape index (κ3) is 3.65. The molecule has 0 spiro atoms. The fourth-order valence-electron chi connectivity index (χ4n) is 4.21. The van der Waals surface area contributed by atoms with Crippen LogP contribution in [-0.4, -0.2) is 73.0 Å². The van der Waals surface area contributed by atoms with Crippen molar-refractivity contribution in [1.29, 1.82) is 0 Å². The summed E-state index contributed by atoms with van der Waals surface area (Å²) in [5.74, 6) is -2.41. The Labute approximate surface area is 174 Å². The number of piperazine rings is 1. The maximum Gasteiger partial charge on any atom is 0.243 e. The lowest BCUT2D eigenvalue weighted by molar-refractivity contribution is -0.147. The molecule has 2 heterocycles. The zero-order valence-corrected chi connectivity index (χ0v) is 17.1. The van der Waals surface area contributed by atoms with Crippen LogP contribution in [0.3, 0.4) is 0 Å². The van der Waals surface area contributed by atoms with Crippen molar-refractivity contribution in [1.82, 2.24) is 14.1 Å². The highest BCUT2D eigenvalue weighted by atomic mass is 32.2. The first-order valence-corrected chi connectivity index (χ1v) is 11.3. The van der Waals surface area contributed by atoms with Gasteiger partial charge in [0.2, 0.25) is 27.7 Å². The molecule has 4 rings (SSSR count). The van der Waals surface area contributed by atoms with Crippen LogP contribution in [-0.2, 0) is 24.4 Å². The van der Waals surface area contributed by atoms with Crippen LogP contribution in [0.4, 0.5) is 4.39 Å². The van der Waals surface area contributed by atoms with Crippen LogP contribution in [0.2, 0.25) is 0 Å². The Morgan fingerprint density at radius 3 is 2.17 bits per heavy atom. The fourth-order valence-corrected chi connectivity index (χ4v) is 5.67. The van der Waals surface area contributed by atoms with Gasteiger partial charge in [-0.3, -0.25) is 19.3 Å². The zero-order chi connectivity index (χ0) is 21.5. The topological polar surface area (TPSA) is 95.1 Å². The summed E-state index contributed by atoms with van der Waals surface area (Å²) in [6.07, 6.45) is 4.79. The molecule has 0 aromatic heterocycles. The maximum absolute atomic E-state index is 13.4. The number of benzene rings is 1. The third-order valence-electron chi connectivity index (χ3n) is 5.92. The molecule has 160 valence electrons. The summed E-state index contributed by atoms with van der Waals surface area (Å²) >= 11 is 0. The van der Waals surface area contributed by atoms with Crippen LogP contribution in [0, 0.1) is 17.7 Å². The molecule has 2 atom stereocenters. The van der Waals surface area contributed by atoms with Crippen LogP contribution < -0.4 is 0 Å². The van der Waals surface area contributed by atoms with E-state index in [-0.39, 0.29) is 67.2 Å². The molecule has 0 bridgehead atoms. The van der Waals surface area contributed by atoms with Gasteiger partial charge in [0, 0.05) is 26.2 Å². The van der Waals surface area contributed by atoms with Gasteiger partial charge in [-0.2, -0.15) is 4.31 Å². The highest BCUT2D eigenvalue weighted by molar-refractivity contribution is 7.89. The van der Waals surface area contributed by atoms with Crippen LogP contribution in [0.5, 0.6) is 0 Å². The molecule has 2 unspecified atom stereocenters. The molecule has 3 aliphatic rings. The average molecular weight is 435 g/mol. The standard InChI is InChI=1S/C20H22FN3O5S/c21-14-4-3-5-15(12-14)30(28,29)23-10-8-22(9-11-23)18(25)13-24-19(26)16-6-1-2-7-17(16)20(24)27/h1-5,12,16-17H,6-11,13H2. The molecule has 0 N–H and O–H groups in total. The van der Waals surface area contributed by atoms with E-state index in [1.54, 1.807) is 0 Å². The van der Waals surface area contributed by atoms with Crippen LogP contribution in [0.15, 0.2) is 41.3 Å². The first kappa shape index (κ1) is 20.7. The monoisotopic (exact) mass is 435 g/mol. The largest absolute Gasteiger partial charge is 0.338 e. The first-order chi connectivity index (χ1) is 14.3. The molecule has 1 aromatic rings. The van der Waals surface area contributed by atoms with Crippen molar-refractivity contribution in [3.05, 3.63) is 42.2 Å². The summed E-state index contributed by atoms with van der Waals surface area (Å²) in [7, 11) is -3.86. The minimum atomic E-state index is -3.86. The van der Waals surface area contributed by atoms with Gasteiger partial charge < -0.3 is 4.90 Å². The second kappa shape index (κ2) is 7.92. The number of nitrogens with zero attached hydrogens (tertiary/aromatic N) is 3. The molecule has 10 heteroatoms. The summed E-state index contributed by atoms with van der Waals surface area (Å²) in [5, 5.41) is 0. The number of halogens is 1. The Bertz CT molecular complexity index is 991. The Morgan fingerprint density at radius 1 is 1.00 bits per heavy atom. The summed E-state index contributed by atoms with van der Waals surface area (Å²) in [6, 6.07) is 4.79. The lowest BCUT2D eigenvalue weighted by atomic mass is 9.85. The van der Waals surface area contributed by atoms with Gasteiger partial charge in [-0.25, -0.2) is 12.8 Å². The van der Waals surface area contributed by atoms with Gasteiger partial charge in [-0.1, -0.05) is 18.2 Å². The third-order valence-corrected chi connectivity index (χ3v) is 7.81. The minimum absolute atomic E-state index is 0.0572. The predicted octanol–water partition coefficient (Wildman–Crippen LogP) is 0.610. The van der Waals surface area contributed by atoms with E-state index in [4.69, 9.17) is 0 Å². The smallest absolute Gasteiger partial charge is 0.243 e. The van der Waals surface area contributed by atoms with Gasteiger partial charge in [0.05, 0.1) is 16.7 Å². The molecule has 30 heavy (non-hydrogen) atoms. The van der Waals surface area contributed by atoms with Gasteiger partial charge in [0.1, 0.15) is 12.4 Å². The van der Waals surface area contributed by atoms with Crippen molar-refractivity contribution < 1.29 is 27.2 Å². The van der Waals surface area contributed by atoms with E-state index in [9.17, 15) is 27.2 Å². The first-order valence-electron chi connectivity index (χ1n) is 9.83. The average Bonchev–Trinajstić information content (AvgIpc) is 2.99. The Balaban J connectivity index is 1.37. The van der Waals surface area contributed by atoms with Gasteiger partial charge in [0.15, 0.2) is 0 Å². The summed E-state index contributed by atoms with van der Waals surface area (Å²) in [4.78, 5) is 40.1. The zero-order valence-electron chi connectivity index (χ0n) is 16.2. The molecule has 2 aliphatic heterocycles. The lowest BCUT2D eigenvalue weighted by Gasteiger charge is -2.34. The van der Waals surface area contributed by atoms with Crippen molar-refractivity contribution in [2.24, 2.45) is 11.8 Å². The molecule has 2 fully saturated rings. The highest BCUT2D eigenvalue weighted by Crippen LogP contribution is 2.35. The number of imide groups is 1. The summed E-state index contributed by atoms with van der Waals surface area (Å²) < 4.78 is 40.0. The van der Waals surface area contributed by atoms with Crippen LogP contribution in [0.1, 0.15) is 12.8 Å². The molecule has 0 saturated carbocycles. The number of allylic oxidation sites excluding steroid dienone is 2. The normalized spacial score (nSPS) is 25.0. The van der Waals surface area contributed by atoms with Crippen molar-refractivity contribution in [2.75, 3.05) is 32.7 Å². The summed E-state index contributed by atoms with van der Waals surface area (Å²) in [5.41, 5.74) is 0. The second-order valence-electron chi connectivity index (χ2n) is 7.66. The fraction of sp³-hybridized carbons (Fsp3) is 0.450. The highest BCUT2D eigenvalue weighted by Gasteiger charge is 2.48. The number of carbonyl (C=O) groups is 3. The van der Waals surface area contributed by atoms with Crippen LogP contribution in [0.25, 0.3) is 0 Å². The predicted molar refractivity (Wildman–Crippen MR) is 104 cm³/mol. The Kier molecular flexibility index (Phi) is 5.46. The van der Waals surface area contributed by atoms with Crippen LogP contribution >= 0.6 is 0 Å². The van der Waals surface area contributed by atoms with Gasteiger partial charge >= 0.3 is 0 Å². The molecule has 8 nitrogen and oxygen atoms in total. The number of likely N-dealkylation sites (tertiary alicyclic amines) is 1. The van der Waals surface area contributed by atoms with Crippen molar-refractivity contribution in [2.45, 2.75) is 17.7 Å². The lowest BCUT2D eigenvalue weighted by Crippen LogP contribution is -2.53. The van der Waals surface area contributed by atoms with Crippen molar-refractivity contribution >= 4 is 27.7 Å². The Hall–Kier alpha value is -2.59. The van der Waals surface area contributed by atoms with E-state index >= 15 is 0 Å². The van der Waals surface area contributed by atoms with E-state index < -0.39 is 15.8 Å². The molecule has 1 aliphatic carbocycles. The van der Waals surface area contributed by atoms with Gasteiger partial charge in [0.25, 0.3) is 0 Å². The number of fused-ring (bicyclic) bond motifs is 1. The minimum Gasteiger partial charge on any atom is -0.338 e. The molecule has 1 aromatic carbocycles. The van der Waals surface area contributed by atoms with Crippen molar-refractivity contribution in [3.8, 4) is 0 Å². The van der Waals surface area contributed by atoms with Gasteiger partial charge in [-0.15, -0.1) is 0 Å². The molecule has 3 amide bonds. The number of hydrogen-bond acceptors (Lipinski definition) is 5. The van der Waals surface area contributed by atoms with Gasteiger partial charge in [-0.05, 0) is 31.0 Å². The van der Waals surface area contributed by atoms with E-state index in [1.807, 2.05) is 12.2 Å².